The fraction of sp³-hybridized carbons (Fsp3) is 0.348. The zero-order valence-electron chi connectivity index (χ0n) is 18.2. The van der Waals surface area contributed by atoms with Crippen molar-refractivity contribution in [2.45, 2.75) is 12.5 Å². The van der Waals surface area contributed by atoms with Crippen LogP contribution >= 0.6 is 0 Å². The number of pyridine rings is 1. The molecule has 2 heterocycles. The van der Waals surface area contributed by atoms with Gasteiger partial charge in [-0.05, 0) is 50.8 Å². The molecule has 2 aromatic rings. The van der Waals surface area contributed by atoms with E-state index in [1.165, 1.54) is 19.1 Å². The predicted octanol–water partition coefficient (Wildman–Crippen LogP) is 2.47. The molecular formula is C23H27N3O5. The number of carbonyl (C=O) groups excluding carboxylic acids is 2. The van der Waals surface area contributed by atoms with E-state index >= 15 is 0 Å². The molecule has 31 heavy (non-hydrogen) atoms. The van der Waals surface area contributed by atoms with Gasteiger partial charge in [0.2, 0.25) is 0 Å². The largest absolute Gasteiger partial charge is 0.507 e. The molecule has 0 saturated carbocycles. The number of hydrogen-bond donors (Lipinski definition) is 1. The molecule has 1 amide bonds. The lowest BCUT2D eigenvalue weighted by Crippen LogP contribution is -2.32. The maximum Gasteiger partial charge on any atom is 0.295 e. The molecular weight excluding hydrogens is 398 g/mol. The molecule has 164 valence electrons. The van der Waals surface area contributed by atoms with E-state index in [2.05, 4.69) is 4.98 Å². The minimum absolute atomic E-state index is 0.0197. The average molecular weight is 425 g/mol. The minimum Gasteiger partial charge on any atom is -0.507 e. The van der Waals surface area contributed by atoms with Crippen LogP contribution in [0.4, 0.5) is 0 Å². The Morgan fingerprint density at radius 3 is 2.58 bits per heavy atom. The first-order chi connectivity index (χ1) is 14.9. The summed E-state index contributed by atoms with van der Waals surface area (Å²) in [5.41, 5.74) is 0.982. The third-order valence-corrected chi connectivity index (χ3v) is 5.21. The summed E-state index contributed by atoms with van der Waals surface area (Å²) in [5, 5.41) is 11.2. The maximum absolute atomic E-state index is 13.0. The Bertz CT molecular complexity index is 988. The number of nitrogens with zero attached hydrogens (tertiary/aromatic N) is 3. The van der Waals surface area contributed by atoms with Gasteiger partial charge in [0.1, 0.15) is 17.3 Å². The van der Waals surface area contributed by atoms with E-state index in [-0.39, 0.29) is 11.3 Å². The number of aliphatic hydroxyl groups excluding tert-OH is 1. The van der Waals surface area contributed by atoms with Gasteiger partial charge in [-0.1, -0.05) is 6.07 Å². The number of amides is 1. The molecule has 0 bridgehead atoms. The molecule has 8 nitrogen and oxygen atoms in total. The van der Waals surface area contributed by atoms with E-state index in [0.717, 1.165) is 6.54 Å². The topological polar surface area (TPSA) is 92.2 Å². The quantitative estimate of drug-likeness (QED) is 0.395. The van der Waals surface area contributed by atoms with Crippen molar-refractivity contribution in [3.8, 4) is 11.5 Å². The normalized spacial score (nSPS) is 18.0. The van der Waals surface area contributed by atoms with Crippen LogP contribution in [0.1, 0.15) is 23.6 Å². The van der Waals surface area contributed by atoms with E-state index in [4.69, 9.17) is 9.47 Å². The summed E-state index contributed by atoms with van der Waals surface area (Å²) in [4.78, 5) is 33.6. The van der Waals surface area contributed by atoms with Crippen molar-refractivity contribution in [3.05, 3.63) is 59.4 Å². The number of methoxy groups -OCH3 is 2. The standard InChI is InChI=1S/C23H27N3O5/c1-25(2)11-6-12-26-20(15-7-5-10-24-14-15)19(22(28)23(26)29)21(27)17-9-8-16(30-3)13-18(17)31-4/h5,7-10,13-14,20,27H,6,11-12H2,1-4H3/t20-/m1/s1. The van der Waals surface area contributed by atoms with Gasteiger partial charge in [0.15, 0.2) is 0 Å². The highest BCUT2D eigenvalue weighted by molar-refractivity contribution is 6.46. The fourth-order valence-electron chi connectivity index (χ4n) is 3.69. The Hall–Kier alpha value is -3.39. The molecule has 0 spiro atoms. The van der Waals surface area contributed by atoms with Crippen LogP contribution < -0.4 is 9.47 Å². The highest BCUT2D eigenvalue weighted by atomic mass is 16.5. The molecule has 8 heteroatoms. The number of hydrogen-bond acceptors (Lipinski definition) is 7. The third kappa shape index (κ3) is 4.54. The molecule has 1 fully saturated rings. The lowest BCUT2D eigenvalue weighted by atomic mass is 9.96. The Kier molecular flexibility index (Phi) is 6.91. The maximum atomic E-state index is 13.0. The van der Waals surface area contributed by atoms with Gasteiger partial charge in [0, 0.05) is 25.0 Å². The van der Waals surface area contributed by atoms with Crippen LogP contribution in [0.15, 0.2) is 48.3 Å². The van der Waals surface area contributed by atoms with E-state index < -0.39 is 17.7 Å². The molecule has 1 aliphatic heterocycles. The number of ether oxygens (including phenoxy) is 2. The van der Waals surface area contributed by atoms with E-state index in [1.54, 1.807) is 42.7 Å². The second-order valence-electron chi connectivity index (χ2n) is 7.50. The summed E-state index contributed by atoms with van der Waals surface area (Å²) >= 11 is 0. The van der Waals surface area contributed by atoms with Gasteiger partial charge in [0.25, 0.3) is 11.7 Å². The first kappa shape index (κ1) is 22.3. The molecule has 1 N–H and O–H groups in total. The smallest absolute Gasteiger partial charge is 0.295 e. The van der Waals surface area contributed by atoms with Crippen molar-refractivity contribution in [2.75, 3.05) is 41.4 Å². The SMILES string of the molecule is COc1ccc(C(O)=C2C(=O)C(=O)N(CCCN(C)C)[C@@H]2c2cccnc2)c(OC)c1. The highest BCUT2D eigenvalue weighted by Gasteiger charge is 2.46. The van der Waals surface area contributed by atoms with Crippen LogP contribution in [0.25, 0.3) is 5.76 Å². The summed E-state index contributed by atoms with van der Waals surface area (Å²) < 4.78 is 10.6. The van der Waals surface area contributed by atoms with Crippen molar-refractivity contribution >= 4 is 17.4 Å². The lowest BCUT2D eigenvalue weighted by molar-refractivity contribution is -0.139. The molecule has 1 aromatic heterocycles. The van der Waals surface area contributed by atoms with Gasteiger partial charge >= 0.3 is 0 Å². The number of rotatable bonds is 8. The second kappa shape index (κ2) is 9.61. The zero-order valence-corrected chi connectivity index (χ0v) is 18.2. The number of aliphatic hydroxyl groups is 1. The minimum atomic E-state index is -0.734. The highest BCUT2D eigenvalue weighted by Crippen LogP contribution is 2.41. The fourth-order valence-corrected chi connectivity index (χ4v) is 3.69. The number of likely N-dealkylation sites (tertiary alicyclic amines) is 1. The Morgan fingerprint density at radius 1 is 1.19 bits per heavy atom. The number of benzene rings is 1. The molecule has 0 aliphatic carbocycles. The van der Waals surface area contributed by atoms with Crippen molar-refractivity contribution in [1.29, 1.82) is 0 Å². The lowest BCUT2D eigenvalue weighted by Gasteiger charge is -2.25. The molecule has 1 aromatic carbocycles. The van der Waals surface area contributed by atoms with Gasteiger partial charge in [-0.3, -0.25) is 14.6 Å². The van der Waals surface area contributed by atoms with Gasteiger partial charge in [-0.25, -0.2) is 0 Å². The summed E-state index contributed by atoms with van der Waals surface area (Å²) in [6.07, 6.45) is 3.91. The van der Waals surface area contributed by atoms with Crippen LogP contribution in [0.5, 0.6) is 11.5 Å². The van der Waals surface area contributed by atoms with E-state index in [0.29, 0.717) is 35.6 Å². The van der Waals surface area contributed by atoms with E-state index in [9.17, 15) is 14.7 Å². The van der Waals surface area contributed by atoms with Crippen molar-refractivity contribution in [1.82, 2.24) is 14.8 Å². The van der Waals surface area contributed by atoms with Gasteiger partial charge < -0.3 is 24.4 Å². The first-order valence-electron chi connectivity index (χ1n) is 9.94. The van der Waals surface area contributed by atoms with Crippen molar-refractivity contribution in [2.24, 2.45) is 0 Å². The number of carbonyl (C=O) groups is 2. The summed E-state index contributed by atoms with van der Waals surface area (Å²) in [7, 11) is 6.88. The third-order valence-electron chi connectivity index (χ3n) is 5.21. The second-order valence-corrected chi connectivity index (χ2v) is 7.50. The Morgan fingerprint density at radius 2 is 1.97 bits per heavy atom. The van der Waals surface area contributed by atoms with Crippen LogP contribution in [0.2, 0.25) is 0 Å². The molecule has 1 saturated heterocycles. The predicted molar refractivity (Wildman–Crippen MR) is 116 cm³/mol. The summed E-state index contributed by atoms with van der Waals surface area (Å²) in [6, 6.07) is 7.67. The average Bonchev–Trinajstić information content (AvgIpc) is 3.03. The number of aromatic nitrogens is 1. The van der Waals surface area contributed by atoms with Crippen LogP contribution in [0, 0.1) is 0 Å². The molecule has 0 radical (unpaired) electrons. The molecule has 1 aliphatic rings. The zero-order chi connectivity index (χ0) is 22.5. The van der Waals surface area contributed by atoms with Gasteiger partial charge in [0.05, 0.1) is 31.4 Å². The van der Waals surface area contributed by atoms with Crippen LogP contribution in [0.3, 0.4) is 0 Å². The van der Waals surface area contributed by atoms with Gasteiger partial charge in [-0.15, -0.1) is 0 Å². The Labute approximate surface area is 181 Å². The van der Waals surface area contributed by atoms with E-state index in [1.807, 2.05) is 19.0 Å². The first-order valence-corrected chi connectivity index (χ1v) is 9.94. The van der Waals surface area contributed by atoms with Crippen LogP contribution in [-0.2, 0) is 9.59 Å². The summed E-state index contributed by atoms with van der Waals surface area (Å²) in [5.74, 6) is -0.778. The Balaban J connectivity index is 2.12. The number of ketones is 1. The molecule has 3 rings (SSSR count). The summed E-state index contributed by atoms with van der Waals surface area (Å²) in [6.45, 7) is 1.13. The van der Waals surface area contributed by atoms with Gasteiger partial charge in [-0.2, -0.15) is 0 Å². The van der Waals surface area contributed by atoms with Crippen molar-refractivity contribution in [3.63, 3.8) is 0 Å². The van der Waals surface area contributed by atoms with Crippen LogP contribution in [-0.4, -0.2) is 73.0 Å². The molecule has 0 unspecified atom stereocenters. The molecule has 1 atom stereocenters. The monoisotopic (exact) mass is 425 g/mol. The van der Waals surface area contributed by atoms with Crippen molar-refractivity contribution < 1.29 is 24.2 Å². The number of Topliss-reactive ketones (excluding diaryl/α,β-unsaturated/α-hetero) is 1.